The van der Waals surface area contributed by atoms with Crippen LogP contribution in [0.3, 0.4) is 0 Å². The van der Waals surface area contributed by atoms with Crippen LogP contribution in [0.5, 0.6) is 0 Å². The van der Waals surface area contributed by atoms with Gasteiger partial charge < -0.3 is 0 Å². The molecule has 0 nitrogen and oxygen atoms in total. The van der Waals surface area contributed by atoms with Gasteiger partial charge in [0.2, 0.25) is 0 Å². The second kappa shape index (κ2) is 12.3. The molecule has 0 aliphatic heterocycles. The van der Waals surface area contributed by atoms with Crippen LogP contribution in [-0.4, -0.2) is 46.5 Å². The van der Waals surface area contributed by atoms with Crippen molar-refractivity contribution in [2.45, 2.75) is 86.1 Å². The first-order valence-electron chi connectivity index (χ1n) is 8.74. The van der Waals surface area contributed by atoms with Crippen LogP contribution in [0.2, 0.25) is 0 Å². The summed E-state index contributed by atoms with van der Waals surface area (Å²) in [6, 6.07) is 0. The fourth-order valence-electron chi connectivity index (χ4n) is 2.41. The van der Waals surface area contributed by atoms with Crippen molar-refractivity contribution >= 4 is 35.0 Å². The van der Waals surface area contributed by atoms with E-state index in [1.54, 1.807) is 0 Å². The van der Waals surface area contributed by atoms with Crippen molar-refractivity contribution in [2.24, 2.45) is 0 Å². The van der Waals surface area contributed by atoms with Gasteiger partial charge in [-0.25, -0.2) is 0 Å². The first kappa shape index (κ1) is 29.2. The molecular formula is C16H22Cl2F10S. The molecule has 0 saturated heterocycles. The Bertz CT molecular complexity index is 414. The van der Waals surface area contributed by atoms with Gasteiger partial charge in [-0.1, -0.05) is 0 Å². The third-order valence-corrected chi connectivity index (χ3v) is 6.34. The van der Waals surface area contributed by atoms with Gasteiger partial charge in [0, 0.05) is 35.1 Å². The van der Waals surface area contributed by atoms with Gasteiger partial charge in [0.05, 0.1) is 0 Å². The van der Waals surface area contributed by atoms with Crippen LogP contribution in [0, 0.1) is 0 Å². The first-order valence-corrected chi connectivity index (χ1v) is 10.7. The fourth-order valence-corrected chi connectivity index (χ4v) is 4.38. The van der Waals surface area contributed by atoms with E-state index in [1.165, 1.54) is 0 Å². The van der Waals surface area contributed by atoms with Crippen molar-refractivity contribution in [3.63, 3.8) is 0 Å². The van der Waals surface area contributed by atoms with Crippen LogP contribution in [0.15, 0.2) is 0 Å². The maximum atomic E-state index is 13.2. The average molecular weight is 507 g/mol. The van der Waals surface area contributed by atoms with Crippen molar-refractivity contribution in [1.82, 2.24) is 0 Å². The lowest BCUT2D eigenvalue weighted by molar-refractivity contribution is -0.284. The van der Waals surface area contributed by atoms with Crippen molar-refractivity contribution in [3.05, 3.63) is 0 Å². The summed E-state index contributed by atoms with van der Waals surface area (Å²) >= 11 is 11.9. The molecule has 176 valence electrons. The standard InChI is InChI=1S/C16H22Cl2F10S/c17-9-1-3-11(5-7-13(19,20)15(23,24)25)29-12(4-2-10-18)6-8-14(21,22)16(26,27)28/h11-12H,1-10H2. The molecule has 2 atom stereocenters. The van der Waals surface area contributed by atoms with Crippen molar-refractivity contribution < 1.29 is 43.9 Å². The molecule has 0 aromatic rings. The molecule has 0 N–H and O–H groups in total. The summed E-state index contributed by atoms with van der Waals surface area (Å²) in [6.45, 7) is 0. The topological polar surface area (TPSA) is 0 Å². The van der Waals surface area contributed by atoms with Gasteiger partial charge in [-0.15, -0.1) is 23.2 Å². The van der Waals surface area contributed by atoms with Gasteiger partial charge in [-0.05, 0) is 38.5 Å². The molecule has 0 bridgehead atoms. The van der Waals surface area contributed by atoms with Gasteiger partial charge in [-0.3, -0.25) is 0 Å². The molecule has 0 spiro atoms. The Balaban J connectivity index is 5.11. The van der Waals surface area contributed by atoms with Crippen LogP contribution in [0.4, 0.5) is 43.9 Å². The van der Waals surface area contributed by atoms with Gasteiger partial charge in [0.15, 0.2) is 0 Å². The lowest BCUT2D eigenvalue weighted by atomic mass is 10.1. The van der Waals surface area contributed by atoms with E-state index >= 15 is 0 Å². The molecule has 0 radical (unpaired) electrons. The third-order valence-electron chi connectivity index (χ3n) is 4.09. The summed E-state index contributed by atoms with van der Waals surface area (Å²) in [5, 5.41) is -1.58. The second-order valence-electron chi connectivity index (χ2n) is 6.52. The molecule has 0 rings (SSSR count). The van der Waals surface area contributed by atoms with Crippen molar-refractivity contribution in [3.8, 4) is 0 Å². The van der Waals surface area contributed by atoms with E-state index in [4.69, 9.17) is 23.2 Å². The molecule has 0 aliphatic carbocycles. The van der Waals surface area contributed by atoms with Crippen LogP contribution in [0.25, 0.3) is 0 Å². The normalized spacial score (nSPS) is 16.1. The Kier molecular flexibility index (Phi) is 12.4. The van der Waals surface area contributed by atoms with Gasteiger partial charge in [0.25, 0.3) is 0 Å². The zero-order chi connectivity index (χ0) is 22.9. The molecular weight excluding hydrogens is 485 g/mol. The Hall–Kier alpha value is 0.230. The van der Waals surface area contributed by atoms with E-state index in [2.05, 4.69) is 0 Å². The number of rotatable bonds is 14. The number of halogens is 12. The number of hydrogen-bond donors (Lipinski definition) is 0. The largest absolute Gasteiger partial charge is 0.453 e. The lowest BCUT2D eigenvalue weighted by Crippen LogP contribution is -2.37. The number of thioether (sulfide) groups is 1. The average Bonchev–Trinajstić information content (AvgIpc) is 2.57. The summed E-state index contributed by atoms with van der Waals surface area (Å²) in [5.41, 5.74) is 0. The lowest BCUT2D eigenvalue weighted by Gasteiger charge is -2.27. The molecule has 0 heterocycles. The van der Waals surface area contributed by atoms with Gasteiger partial charge in [-0.2, -0.15) is 55.7 Å². The fraction of sp³-hybridized carbons (Fsp3) is 1.00. The van der Waals surface area contributed by atoms with Gasteiger partial charge in [0.1, 0.15) is 0 Å². The zero-order valence-corrected chi connectivity index (χ0v) is 17.5. The highest BCUT2D eigenvalue weighted by Gasteiger charge is 2.57. The van der Waals surface area contributed by atoms with E-state index in [1.807, 2.05) is 0 Å². The highest BCUT2D eigenvalue weighted by atomic mass is 35.5. The minimum atomic E-state index is -5.72. The van der Waals surface area contributed by atoms with Gasteiger partial charge >= 0.3 is 24.2 Å². The minimum absolute atomic E-state index is 0.102. The molecule has 2 unspecified atom stereocenters. The van der Waals surface area contributed by atoms with E-state index < -0.39 is 60.4 Å². The molecule has 0 aromatic carbocycles. The minimum Gasteiger partial charge on any atom is -0.196 e. The molecule has 0 fully saturated rings. The Morgan fingerprint density at radius 2 is 0.862 bits per heavy atom. The summed E-state index contributed by atoms with van der Waals surface area (Å²) in [4.78, 5) is 0. The highest BCUT2D eigenvalue weighted by Crippen LogP contribution is 2.43. The van der Waals surface area contributed by atoms with E-state index in [9.17, 15) is 43.9 Å². The molecule has 0 amide bonds. The summed E-state index contributed by atoms with van der Waals surface area (Å²) in [6.07, 6.45) is -14.8. The van der Waals surface area contributed by atoms with Crippen LogP contribution >= 0.6 is 35.0 Å². The predicted octanol–water partition coefficient (Wildman–Crippen LogP) is 8.45. The zero-order valence-electron chi connectivity index (χ0n) is 15.2. The first-order chi connectivity index (χ1) is 13.1. The smallest absolute Gasteiger partial charge is 0.196 e. The van der Waals surface area contributed by atoms with Crippen molar-refractivity contribution in [2.75, 3.05) is 11.8 Å². The maximum absolute atomic E-state index is 13.2. The molecule has 0 saturated carbocycles. The highest BCUT2D eigenvalue weighted by molar-refractivity contribution is 8.00. The van der Waals surface area contributed by atoms with E-state index in [0.717, 1.165) is 11.8 Å². The summed E-state index contributed by atoms with van der Waals surface area (Å²) in [5.74, 6) is -9.63. The van der Waals surface area contributed by atoms with E-state index in [-0.39, 0.29) is 37.4 Å². The molecule has 0 aliphatic rings. The maximum Gasteiger partial charge on any atom is 0.453 e. The SMILES string of the molecule is FC(F)(F)C(F)(F)CCC(CCCCl)SC(CCCCl)CCC(F)(F)C(F)(F)F. The molecule has 0 aromatic heterocycles. The number of hydrogen-bond acceptors (Lipinski definition) is 1. The van der Waals surface area contributed by atoms with Crippen LogP contribution in [0.1, 0.15) is 51.4 Å². The van der Waals surface area contributed by atoms with Crippen molar-refractivity contribution in [1.29, 1.82) is 0 Å². The summed E-state index contributed by atoms with van der Waals surface area (Å²) in [7, 11) is 0. The molecule has 13 heteroatoms. The second-order valence-corrected chi connectivity index (χ2v) is 8.89. The van der Waals surface area contributed by atoms with Crippen LogP contribution in [-0.2, 0) is 0 Å². The monoisotopic (exact) mass is 506 g/mol. The third kappa shape index (κ3) is 10.9. The Morgan fingerprint density at radius 3 is 1.10 bits per heavy atom. The summed E-state index contributed by atoms with van der Waals surface area (Å²) < 4.78 is 127. The Morgan fingerprint density at radius 1 is 0.552 bits per heavy atom. The Labute approximate surface area is 177 Å². The number of alkyl halides is 12. The quantitative estimate of drug-likeness (QED) is 0.168. The predicted molar refractivity (Wildman–Crippen MR) is 95.5 cm³/mol. The van der Waals surface area contributed by atoms with Crippen LogP contribution < -0.4 is 0 Å². The van der Waals surface area contributed by atoms with E-state index in [0.29, 0.717) is 0 Å². The molecule has 29 heavy (non-hydrogen) atoms.